The number of ether oxygens (including phenoxy) is 4. The van der Waals surface area contributed by atoms with Crippen molar-refractivity contribution >= 4 is 0 Å². The Morgan fingerprint density at radius 2 is 0.315 bits per heavy atom. The van der Waals surface area contributed by atoms with E-state index in [9.17, 15) is 10.2 Å². The van der Waals surface area contributed by atoms with Gasteiger partial charge in [-0.3, -0.25) is 0 Å². The largest absolute Gasteiger partial charge is 0.394 e. The Labute approximate surface area is 579 Å². The molecule has 0 aromatic carbocycles. The lowest BCUT2D eigenvalue weighted by Gasteiger charge is -2.19. The molecule has 1 saturated heterocycles. The Kier molecular flexibility index (Phi) is 59.2. The summed E-state index contributed by atoms with van der Waals surface area (Å²) in [7, 11) is 0. The highest BCUT2D eigenvalue weighted by Gasteiger charge is 2.18. The number of hydrogen-bond donors (Lipinski definition) is 2. The van der Waals surface area contributed by atoms with E-state index in [4.69, 9.17) is 18.9 Å². The lowest BCUT2D eigenvalue weighted by atomic mass is 9.88. The van der Waals surface area contributed by atoms with Crippen LogP contribution in [0.5, 0.6) is 0 Å². The maximum atomic E-state index is 10.0. The highest BCUT2D eigenvalue weighted by Crippen LogP contribution is 2.31. The molecule has 1 heterocycles. The van der Waals surface area contributed by atoms with E-state index < -0.39 is 0 Å². The van der Waals surface area contributed by atoms with Crippen LogP contribution in [0.3, 0.4) is 0 Å². The first-order valence-electron chi connectivity index (χ1n) is 41.8. The summed E-state index contributed by atoms with van der Waals surface area (Å²) in [6.45, 7) is 43.7. The molecule has 0 aromatic rings. The second-order valence-corrected chi connectivity index (χ2v) is 34.7. The van der Waals surface area contributed by atoms with Gasteiger partial charge in [0, 0.05) is 26.4 Å². The molecule has 1 aliphatic rings. The molecule has 18 atom stereocenters. The van der Waals surface area contributed by atoms with Gasteiger partial charge in [-0.15, -0.1) is 0 Å². The van der Waals surface area contributed by atoms with Crippen LogP contribution in [0.25, 0.3) is 0 Å². The Bertz CT molecular complexity index is 1410. The van der Waals surface area contributed by atoms with Crippen LogP contribution >= 0.6 is 0 Å². The second kappa shape index (κ2) is 60.7. The van der Waals surface area contributed by atoms with E-state index in [-0.39, 0.29) is 25.4 Å². The molecule has 1 rings (SSSR count). The van der Waals surface area contributed by atoms with Crippen molar-refractivity contribution in [2.45, 2.75) is 406 Å². The first kappa shape index (κ1) is 89.8. The highest BCUT2D eigenvalue weighted by molar-refractivity contribution is 4.70. The maximum Gasteiger partial charge on any atom is 0.104 e. The SMILES string of the molecule is C[C@@H]1CCC[C@@H](C)CCC[C@@H](C)CC[C@H](C)CCC[C@H](C)CCC[C@@H](C)CCC[C@@H](C)CCO[C@H](CO)COCC[C@H](C)CCC[C@H](C)CCC[C@@H](C)CCC[C@@H](C)CC[C@H](C)CCC[C@H](C)CCC[C@@H](C)CCC[C@@H](C)CCOC(CO)COCC[C@H](C)CCC1. The average molecular weight is 1300 g/mol. The van der Waals surface area contributed by atoms with Gasteiger partial charge in [0.15, 0.2) is 0 Å². The van der Waals surface area contributed by atoms with Gasteiger partial charge in [0.25, 0.3) is 0 Å². The molecular weight excluding hydrogens is 1130 g/mol. The Morgan fingerprint density at radius 1 is 0.185 bits per heavy atom. The van der Waals surface area contributed by atoms with Gasteiger partial charge in [-0.05, 0) is 120 Å². The van der Waals surface area contributed by atoms with Crippen molar-refractivity contribution in [3.63, 3.8) is 0 Å². The average Bonchev–Trinajstić information content (AvgIpc) is 3.72. The normalized spacial score (nSPS) is 36.1. The maximum absolute atomic E-state index is 10.0. The standard InChI is InChI=1S/C86H172O6/c1-69-29-17-33-73(5)41-25-49-81(13)57-61-89-67-85(65-87)91-63-59-83(15)52-28-44-76(8)36-20-32-72(4)40-24-48-80(12)56-54-78(10)46-22-38-70(2)30-18-34-74(6)42-26-50-82(14)58-62-90-68-86(66-88)92-64-60-84(16)51-27-43-75(7)35-19-31-71(3)39-23-47-79(11)55-53-77(9)45-21-37-69/h69-88H,17-68H2,1-16H3/t69-,70-,71-,72-,73-,74-,75-,76-,77-,78-,79-,80-,81-,82-,83-,84-,85-,86?/m1/s1. The van der Waals surface area contributed by atoms with Gasteiger partial charge < -0.3 is 29.2 Å². The fourth-order valence-electron chi connectivity index (χ4n) is 15.4. The van der Waals surface area contributed by atoms with Crippen LogP contribution in [0.1, 0.15) is 393 Å². The molecule has 6 nitrogen and oxygen atoms in total. The number of hydrogen-bond acceptors (Lipinski definition) is 6. The van der Waals surface area contributed by atoms with Crippen LogP contribution < -0.4 is 0 Å². The Hall–Kier alpha value is -0.240. The summed E-state index contributed by atoms with van der Waals surface area (Å²) >= 11 is 0. The lowest BCUT2D eigenvalue weighted by molar-refractivity contribution is -0.0471. The van der Waals surface area contributed by atoms with Crippen molar-refractivity contribution in [1.29, 1.82) is 0 Å². The predicted octanol–water partition coefficient (Wildman–Crippen LogP) is 26.1. The molecule has 0 aliphatic carbocycles. The Balaban J connectivity index is 2.51. The molecule has 2 N–H and O–H groups in total. The summed E-state index contributed by atoms with van der Waals surface area (Å²) in [5.41, 5.74) is 0. The molecule has 1 aliphatic heterocycles. The fraction of sp³-hybridized carbons (Fsp3) is 1.00. The van der Waals surface area contributed by atoms with Crippen LogP contribution in [0.15, 0.2) is 0 Å². The molecule has 0 saturated carbocycles. The minimum absolute atomic E-state index is 0.0415. The van der Waals surface area contributed by atoms with Gasteiger partial charge in [-0.25, -0.2) is 0 Å². The van der Waals surface area contributed by atoms with Gasteiger partial charge in [0.05, 0.1) is 26.4 Å². The van der Waals surface area contributed by atoms with E-state index in [1.54, 1.807) is 0 Å². The second-order valence-electron chi connectivity index (χ2n) is 34.7. The molecular formula is C86H172O6. The van der Waals surface area contributed by atoms with Crippen LogP contribution in [0.2, 0.25) is 0 Å². The summed E-state index contributed by atoms with van der Waals surface area (Å²) in [4.78, 5) is 0. The minimum Gasteiger partial charge on any atom is -0.394 e. The molecule has 0 spiro atoms. The first-order chi connectivity index (χ1) is 44.2. The van der Waals surface area contributed by atoms with Gasteiger partial charge in [-0.2, -0.15) is 0 Å². The third-order valence-electron chi connectivity index (χ3n) is 23.5. The quantitative estimate of drug-likeness (QED) is 0.287. The van der Waals surface area contributed by atoms with Crippen LogP contribution in [-0.4, -0.2) is 75.3 Å². The van der Waals surface area contributed by atoms with E-state index >= 15 is 0 Å². The fourth-order valence-corrected chi connectivity index (χ4v) is 15.4. The summed E-state index contributed by atoms with van der Waals surface area (Å²) in [5, 5.41) is 20.1. The van der Waals surface area contributed by atoms with E-state index in [2.05, 4.69) is 111 Å². The van der Waals surface area contributed by atoms with E-state index in [0.717, 1.165) is 123 Å². The van der Waals surface area contributed by atoms with Crippen molar-refractivity contribution in [2.75, 3.05) is 52.9 Å². The molecule has 6 heteroatoms. The zero-order chi connectivity index (χ0) is 68.0. The zero-order valence-corrected chi connectivity index (χ0v) is 65.7. The first-order valence-corrected chi connectivity index (χ1v) is 41.8. The molecule has 1 unspecified atom stereocenters. The predicted molar refractivity (Wildman–Crippen MR) is 405 cm³/mol. The summed E-state index contributed by atoms with van der Waals surface area (Å²) in [6, 6.07) is 0. The summed E-state index contributed by atoms with van der Waals surface area (Å²) in [6.07, 6.45) is 59.0. The van der Waals surface area contributed by atoms with Gasteiger partial charge in [0.1, 0.15) is 12.2 Å². The van der Waals surface area contributed by atoms with Gasteiger partial charge in [0.2, 0.25) is 0 Å². The highest BCUT2D eigenvalue weighted by atomic mass is 16.5. The molecule has 0 amide bonds. The van der Waals surface area contributed by atoms with Crippen molar-refractivity contribution in [3.8, 4) is 0 Å². The Morgan fingerprint density at radius 3 is 0.467 bits per heavy atom. The summed E-state index contributed by atoms with van der Waals surface area (Å²) in [5.74, 6) is 12.9. The molecule has 92 heavy (non-hydrogen) atoms. The van der Waals surface area contributed by atoms with Crippen molar-refractivity contribution in [1.82, 2.24) is 0 Å². The molecule has 0 radical (unpaired) electrons. The van der Waals surface area contributed by atoms with E-state index in [1.165, 1.54) is 257 Å². The molecule has 552 valence electrons. The molecule has 1 fully saturated rings. The number of aliphatic hydroxyl groups excluding tert-OH is 2. The van der Waals surface area contributed by atoms with Crippen molar-refractivity contribution in [2.24, 2.45) is 94.7 Å². The van der Waals surface area contributed by atoms with Gasteiger partial charge >= 0.3 is 0 Å². The number of rotatable bonds is 2. The third-order valence-corrected chi connectivity index (χ3v) is 23.5. The smallest absolute Gasteiger partial charge is 0.104 e. The van der Waals surface area contributed by atoms with Gasteiger partial charge in [-0.1, -0.05) is 368 Å². The van der Waals surface area contributed by atoms with E-state index in [1.807, 2.05) is 0 Å². The lowest BCUT2D eigenvalue weighted by Crippen LogP contribution is -2.25. The monoisotopic (exact) mass is 1300 g/mol. The van der Waals surface area contributed by atoms with Crippen molar-refractivity contribution in [3.05, 3.63) is 0 Å². The van der Waals surface area contributed by atoms with Crippen LogP contribution in [0, 0.1) is 94.7 Å². The molecule has 0 bridgehead atoms. The topological polar surface area (TPSA) is 77.4 Å². The third kappa shape index (κ3) is 56.6. The van der Waals surface area contributed by atoms with E-state index in [0.29, 0.717) is 36.9 Å². The minimum atomic E-state index is -0.203. The van der Waals surface area contributed by atoms with Crippen molar-refractivity contribution < 1.29 is 29.2 Å². The zero-order valence-electron chi connectivity index (χ0n) is 65.7. The number of aliphatic hydroxyl groups is 2. The van der Waals surface area contributed by atoms with Crippen LogP contribution in [-0.2, 0) is 18.9 Å². The molecule has 0 aromatic heterocycles. The summed E-state index contributed by atoms with van der Waals surface area (Å²) < 4.78 is 24.4. The van der Waals surface area contributed by atoms with Crippen LogP contribution in [0.4, 0.5) is 0 Å².